The molecule has 9 nitrogen and oxygen atoms in total. The summed E-state index contributed by atoms with van der Waals surface area (Å²) in [4.78, 5) is 29.2. The van der Waals surface area contributed by atoms with Gasteiger partial charge < -0.3 is 20.9 Å². The number of carbonyl (C=O) groups is 1. The fourth-order valence-corrected chi connectivity index (χ4v) is 4.23. The molecule has 2 aromatic heterocycles. The van der Waals surface area contributed by atoms with Crippen LogP contribution >= 0.6 is 0 Å². The van der Waals surface area contributed by atoms with Crippen LogP contribution in [0.3, 0.4) is 0 Å². The lowest BCUT2D eigenvalue weighted by Gasteiger charge is -2.25. The number of carboxylic acid groups (broad SMARTS) is 1. The van der Waals surface area contributed by atoms with Crippen molar-refractivity contribution in [2.24, 2.45) is 10.7 Å². The molecule has 36 heavy (non-hydrogen) atoms. The molecule has 2 heterocycles. The maximum absolute atomic E-state index is 11.6. The number of amidine groups is 1. The van der Waals surface area contributed by atoms with E-state index in [0.717, 1.165) is 29.5 Å². The largest absolute Gasteiger partial charge is 0.481 e. The molecule has 0 aliphatic heterocycles. The first-order chi connectivity index (χ1) is 17.5. The highest BCUT2D eigenvalue weighted by Gasteiger charge is 2.51. The number of nitrogens with zero attached hydrogens (tertiary/aromatic N) is 4. The average molecular weight is 485 g/mol. The van der Waals surface area contributed by atoms with Crippen LogP contribution in [-0.2, 0) is 10.2 Å². The van der Waals surface area contributed by atoms with E-state index in [1.165, 1.54) is 12.6 Å². The van der Waals surface area contributed by atoms with E-state index in [1.807, 2.05) is 36.4 Å². The van der Waals surface area contributed by atoms with Crippen molar-refractivity contribution in [2.45, 2.75) is 43.6 Å². The number of hydrogen-bond acceptors (Lipinski definition) is 7. The molecule has 9 heteroatoms. The van der Waals surface area contributed by atoms with Crippen molar-refractivity contribution in [1.29, 1.82) is 0 Å². The van der Waals surface area contributed by atoms with Gasteiger partial charge in [-0.25, -0.2) is 0 Å². The number of anilines is 1. The lowest BCUT2D eigenvalue weighted by Crippen LogP contribution is -2.25. The standard InChI is InChI=1S/C27H28N6O3/c1-29-25(33-23-15-30-16-24(32-23)36-20-3-2-4-20)21(13-28)22-10-7-18(14-31-22)17-5-8-19(9-6-17)27(11-12-27)26(34)35/h5-10,13-16,20H,2-4,11-12,28H2,1H3,(H,34,35)(H,29,32,33). The highest BCUT2D eigenvalue weighted by Crippen LogP contribution is 2.48. The number of hydrogen-bond donors (Lipinski definition) is 3. The second-order valence-electron chi connectivity index (χ2n) is 9.09. The van der Waals surface area contributed by atoms with E-state index < -0.39 is 11.4 Å². The first kappa shape index (κ1) is 23.5. The number of pyridine rings is 1. The Labute approximate surface area is 209 Å². The second-order valence-corrected chi connectivity index (χ2v) is 9.09. The van der Waals surface area contributed by atoms with E-state index in [1.54, 1.807) is 25.6 Å². The highest BCUT2D eigenvalue weighted by atomic mass is 16.5. The fourth-order valence-electron chi connectivity index (χ4n) is 4.23. The number of carboxylic acids is 1. The van der Waals surface area contributed by atoms with Crippen molar-refractivity contribution >= 4 is 23.2 Å². The molecule has 0 amide bonds. The Morgan fingerprint density at radius 1 is 1.14 bits per heavy atom. The van der Waals surface area contributed by atoms with Crippen molar-refractivity contribution in [3.63, 3.8) is 0 Å². The summed E-state index contributed by atoms with van der Waals surface area (Å²) in [6.45, 7) is 0. The lowest BCUT2D eigenvalue weighted by molar-refractivity contribution is -0.140. The van der Waals surface area contributed by atoms with Crippen molar-refractivity contribution in [3.8, 4) is 17.0 Å². The van der Waals surface area contributed by atoms with Gasteiger partial charge >= 0.3 is 5.97 Å². The number of nitrogens with one attached hydrogen (secondary N) is 1. The minimum atomic E-state index is -0.757. The summed E-state index contributed by atoms with van der Waals surface area (Å²) >= 11 is 0. The van der Waals surface area contributed by atoms with Crippen LogP contribution in [0.1, 0.15) is 43.4 Å². The summed E-state index contributed by atoms with van der Waals surface area (Å²) in [6, 6.07) is 11.5. The molecule has 0 unspecified atom stereocenters. The van der Waals surface area contributed by atoms with E-state index in [-0.39, 0.29) is 6.10 Å². The molecule has 4 N–H and O–H groups in total. The van der Waals surface area contributed by atoms with Crippen LogP contribution in [0.4, 0.5) is 5.82 Å². The van der Waals surface area contributed by atoms with Crippen LogP contribution in [0.2, 0.25) is 0 Å². The zero-order chi connectivity index (χ0) is 25.1. The minimum Gasteiger partial charge on any atom is -0.481 e. The van der Waals surface area contributed by atoms with Crippen molar-refractivity contribution in [1.82, 2.24) is 15.0 Å². The number of benzene rings is 1. The number of aliphatic imine (C=N–C) groups is 1. The first-order valence-electron chi connectivity index (χ1n) is 12.0. The Balaban J connectivity index is 1.30. The minimum absolute atomic E-state index is 0.208. The predicted molar refractivity (Wildman–Crippen MR) is 138 cm³/mol. The highest BCUT2D eigenvalue weighted by molar-refractivity contribution is 6.27. The van der Waals surface area contributed by atoms with Gasteiger partial charge in [-0.15, -0.1) is 0 Å². The molecule has 2 aliphatic carbocycles. The average Bonchev–Trinajstić information content (AvgIpc) is 3.69. The Kier molecular flexibility index (Phi) is 6.37. The van der Waals surface area contributed by atoms with Gasteiger partial charge in [-0.1, -0.05) is 30.3 Å². The zero-order valence-electron chi connectivity index (χ0n) is 20.0. The van der Waals surface area contributed by atoms with E-state index in [2.05, 4.69) is 25.3 Å². The van der Waals surface area contributed by atoms with Crippen LogP contribution in [0, 0.1) is 0 Å². The molecule has 1 aromatic carbocycles. The molecule has 2 saturated carbocycles. The van der Waals surface area contributed by atoms with Crippen LogP contribution in [-0.4, -0.2) is 45.0 Å². The molecule has 0 radical (unpaired) electrons. The summed E-state index contributed by atoms with van der Waals surface area (Å²) in [6.07, 6.45) is 11.2. The van der Waals surface area contributed by atoms with Gasteiger partial charge in [0, 0.05) is 25.0 Å². The summed E-state index contributed by atoms with van der Waals surface area (Å²) in [5.41, 5.74) is 9.22. The third-order valence-corrected chi connectivity index (χ3v) is 6.81. The second kappa shape index (κ2) is 9.77. The van der Waals surface area contributed by atoms with Gasteiger partial charge in [0.1, 0.15) is 11.9 Å². The number of aliphatic carboxylic acids is 1. The molecule has 184 valence electrons. The van der Waals surface area contributed by atoms with Crippen molar-refractivity contribution in [2.75, 3.05) is 12.4 Å². The number of ether oxygens (including phenoxy) is 1. The summed E-state index contributed by atoms with van der Waals surface area (Å²) in [7, 11) is 1.66. The van der Waals surface area contributed by atoms with Crippen LogP contribution in [0.5, 0.6) is 5.88 Å². The van der Waals surface area contributed by atoms with Gasteiger partial charge in [0.15, 0.2) is 5.82 Å². The molecule has 0 bridgehead atoms. The predicted octanol–water partition coefficient (Wildman–Crippen LogP) is 4.03. The van der Waals surface area contributed by atoms with Gasteiger partial charge in [-0.2, -0.15) is 4.98 Å². The Hall–Kier alpha value is -4.27. The van der Waals surface area contributed by atoms with E-state index in [4.69, 9.17) is 10.5 Å². The van der Waals surface area contributed by atoms with Gasteiger partial charge in [0.05, 0.1) is 29.1 Å². The smallest absolute Gasteiger partial charge is 0.314 e. The van der Waals surface area contributed by atoms with Gasteiger partial charge in [-0.05, 0) is 49.3 Å². The van der Waals surface area contributed by atoms with Gasteiger partial charge in [0.25, 0.3) is 0 Å². The molecule has 2 aliphatic rings. The molecule has 0 saturated heterocycles. The van der Waals surface area contributed by atoms with Crippen molar-refractivity contribution in [3.05, 3.63) is 72.4 Å². The van der Waals surface area contributed by atoms with Gasteiger partial charge in [-0.3, -0.25) is 19.8 Å². The van der Waals surface area contributed by atoms with E-state index >= 15 is 0 Å². The molecular weight excluding hydrogens is 456 g/mol. The summed E-state index contributed by atoms with van der Waals surface area (Å²) < 4.78 is 5.84. The Morgan fingerprint density at radius 3 is 2.44 bits per heavy atom. The van der Waals surface area contributed by atoms with Crippen LogP contribution < -0.4 is 15.8 Å². The Bertz CT molecular complexity index is 1310. The van der Waals surface area contributed by atoms with E-state index in [0.29, 0.717) is 41.6 Å². The number of nitrogens with two attached hydrogens (primary N) is 1. The molecule has 2 fully saturated rings. The quantitative estimate of drug-likeness (QED) is 0.322. The fraction of sp³-hybridized carbons (Fsp3) is 0.296. The number of aromatic nitrogens is 3. The normalized spacial score (nSPS) is 17.2. The lowest BCUT2D eigenvalue weighted by atomic mass is 9.94. The maximum atomic E-state index is 11.6. The first-order valence-corrected chi connectivity index (χ1v) is 12.0. The summed E-state index contributed by atoms with van der Waals surface area (Å²) in [5, 5.41) is 12.7. The topological polar surface area (TPSA) is 136 Å². The Morgan fingerprint density at radius 2 is 1.89 bits per heavy atom. The third-order valence-electron chi connectivity index (χ3n) is 6.81. The molecule has 0 atom stereocenters. The monoisotopic (exact) mass is 484 g/mol. The van der Waals surface area contributed by atoms with Crippen LogP contribution in [0.15, 0.2) is 66.2 Å². The maximum Gasteiger partial charge on any atom is 0.314 e. The number of rotatable bonds is 8. The van der Waals surface area contributed by atoms with Crippen LogP contribution in [0.25, 0.3) is 16.7 Å². The SMILES string of the molecule is CN=C(Nc1cncc(OC2CCC2)n1)C(=CN)c1ccc(-c2ccc(C3(C(=O)O)CC3)cc2)cn1. The van der Waals surface area contributed by atoms with Crippen molar-refractivity contribution < 1.29 is 14.6 Å². The van der Waals surface area contributed by atoms with E-state index in [9.17, 15) is 9.90 Å². The molecule has 3 aromatic rings. The summed E-state index contributed by atoms with van der Waals surface area (Å²) in [5.74, 6) is 0.717. The third kappa shape index (κ3) is 4.64. The molecule has 0 spiro atoms. The zero-order valence-corrected chi connectivity index (χ0v) is 20.0. The molecular formula is C27H28N6O3. The molecule has 5 rings (SSSR count). The van der Waals surface area contributed by atoms with Gasteiger partial charge in [0.2, 0.25) is 5.88 Å².